The molecule has 10 nitrogen and oxygen atoms in total. The lowest BCUT2D eigenvalue weighted by Crippen LogP contribution is -2.33. The second kappa shape index (κ2) is 12.4. The second-order valence-electron chi connectivity index (χ2n) is 7.07. The fourth-order valence-electron chi connectivity index (χ4n) is 2.90. The highest BCUT2D eigenvalue weighted by Crippen LogP contribution is 2.34. The molecule has 0 bridgehead atoms. The van der Waals surface area contributed by atoms with E-state index < -0.39 is 28.9 Å². The normalized spacial score (nSPS) is 13.5. The molecule has 0 aromatic heterocycles. The van der Waals surface area contributed by atoms with E-state index >= 15 is 0 Å². The van der Waals surface area contributed by atoms with Crippen LogP contribution in [-0.4, -0.2) is 53.8 Å². The molecule has 2 aromatic carbocycles. The molecular weight excluding hydrogens is 474 g/mol. The minimum absolute atomic E-state index is 0.0337. The Morgan fingerprint density at radius 2 is 1.82 bits per heavy atom. The molecule has 180 valence electrons. The molecule has 0 fully saturated rings. The summed E-state index contributed by atoms with van der Waals surface area (Å²) in [5, 5.41) is 20.9. The summed E-state index contributed by atoms with van der Waals surface area (Å²) in [4.78, 5) is 37.7. The Labute approximate surface area is 198 Å². The summed E-state index contributed by atoms with van der Waals surface area (Å²) in [5.74, 6) is 0.831. The maximum atomic E-state index is 12.1. The first-order chi connectivity index (χ1) is 15.7. The Hall–Kier alpha value is -2.86. The summed E-state index contributed by atoms with van der Waals surface area (Å²) in [5.41, 5.74) is -0.342. The average molecular weight is 500 g/mol. The summed E-state index contributed by atoms with van der Waals surface area (Å²) in [6.45, 7) is 2.94. The summed E-state index contributed by atoms with van der Waals surface area (Å²) in [6.07, 6.45) is -2.02. The van der Waals surface area contributed by atoms with Crippen molar-refractivity contribution in [3.63, 3.8) is 0 Å². The number of hydrogen-bond acceptors (Lipinski definition) is 10. The van der Waals surface area contributed by atoms with Crippen molar-refractivity contribution in [3.05, 3.63) is 52.1 Å². The largest absolute Gasteiger partial charge is 0.510 e. The number of carbonyl (C=O) groups is 2. The van der Waals surface area contributed by atoms with Gasteiger partial charge in [-0.1, -0.05) is 45.9 Å². The summed E-state index contributed by atoms with van der Waals surface area (Å²) < 4.78 is 14.6. The van der Waals surface area contributed by atoms with Gasteiger partial charge < -0.3 is 19.3 Å². The molecule has 0 spiro atoms. The lowest BCUT2D eigenvalue weighted by molar-refractivity contribution is -0.777. The fraction of sp³-hybridized carbons (Fsp3) is 0.429. The molecule has 0 saturated heterocycles. The van der Waals surface area contributed by atoms with E-state index in [1.807, 2.05) is 36.4 Å². The second-order valence-corrected chi connectivity index (χ2v) is 9.77. The van der Waals surface area contributed by atoms with Gasteiger partial charge in [0.25, 0.3) is 5.09 Å². The van der Waals surface area contributed by atoms with E-state index in [1.54, 1.807) is 14.0 Å². The topological polar surface area (TPSA) is 134 Å². The van der Waals surface area contributed by atoms with Crippen molar-refractivity contribution in [1.82, 2.24) is 0 Å². The maximum Gasteiger partial charge on any atom is 0.510 e. The van der Waals surface area contributed by atoms with Crippen LogP contribution in [0.15, 0.2) is 36.4 Å². The first kappa shape index (κ1) is 26.4. The number of carbonyl (C=O) groups excluding carboxylic acids is 1. The van der Waals surface area contributed by atoms with Gasteiger partial charge in [0.1, 0.15) is 12.4 Å². The zero-order chi connectivity index (χ0) is 24.4. The van der Waals surface area contributed by atoms with Gasteiger partial charge in [-0.05, 0) is 48.7 Å². The third-order valence-corrected chi connectivity index (χ3v) is 7.18. The molecule has 0 aliphatic heterocycles. The predicted molar refractivity (Wildman–Crippen MR) is 125 cm³/mol. The number of ether oxygens (including phenoxy) is 3. The third kappa shape index (κ3) is 7.90. The minimum Gasteiger partial charge on any atom is -0.497 e. The van der Waals surface area contributed by atoms with Crippen LogP contribution in [0.3, 0.4) is 0 Å². The van der Waals surface area contributed by atoms with E-state index in [4.69, 9.17) is 9.47 Å². The molecular formula is C21H25NO9S2. The molecule has 2 atom stereocenters. The van der Waals surface area contributed by atoms with Crippen LogP contribution in [-0.2, 0) is 24.5 Å². The number of rotatable bonds is 13. The van der Waals surface area contributed by atoms with Crippen LogP contribution in [0.4, 0.5) is 4.79 Å². The molecule has 0 radical (unpaired) electrons. The van der Waals surface area contributed by atoms with E-state index in [0.29, 0.717) is 17.9 Å². The minimum atomic E-state index is -1.36. The number of benzene rings is 2. The number of fused-ring (bicyclic) bond motifs is 1. The number of hydrogen-bond donors (Lipinski definition) is 1. The number of carboxylic acids is 1. The number of nitrogens with zero attached hydrogens (tertiary/aromatic N) is 1. The molecule has 0 heterocycles. The Morgan fingerprint density at radius 3 is 2.48 bits per heavy atom. The van der Waals surface area contributed by atoms with Gasteiger partial charge in [0.2, 0.25) is 6.29 Å². The fourth-order valence-corrected chi connectivity index (χ4v) is 4.94. The summed E-state index contributed by atoms with van der Waals surface area (Å²) >= 11 is 0. The van der Waals surface area contributed by atoms with Gasteiger partial charge in [-0.25, -0.2) is 4.79 Å². The van der Waals surface area contributed by atoms with Gasteiger partial charge >= 0.3 is 12.1 Å². The highest BCUT2D eigenvalue weighted by atomic mass is 33.1. The molecule has 0 aliphatic carbocycles. The van der Waals surface area contributed by atoms with Crippen molar-refractivity contribution in [2.24, 2.45) is 0 Å². The number of carboxylic acid groups (broad SMARTS) is 1. The molecule has 2 aromatic rings. The van der Waals surface area contributed by atoms with Crippen molar-refractivity contribution in [3.8, 4) is 5.75 Å². The van der Waals surface area contributed by atoms with Crippen molar-refractivity contribution < 1.29 is 38.8 Å². The van der Waals surface area contributed by atoms with E-state index in [9.17, 15) is 24.8 Å². The molecule has 0 aliphatic rings. The van der Waals surface area contributed by atoms with Crippen molar-refractivity contribution in [1.29, 1.82) is 0 Å². The van der Waals surface area contributed by atoms with E-state index in [-0.39, 0.29) is 6.61 Å². The Kier molecular flexibility index (Phi) is 9.92. The molecule has 0 amide bonds. The highest BCUT2D eigenvalue weighted by molar-refractivity contribution is 8.76. The van der Waals surface area contributed by atoms with Gasteiger partial charge in [-0.2, -0.15) is 0 Å². The van der Waals surface area contributed by atoms with Crippen LogP contribution in [0.1, 0.15) is 25.8 Å². The lowest BCUT2D eigenvalue weighted by atomic mass is 9.79. The summed E-state index contributed by atoms with van der Waals surface area (Å²) in [6, 6.07) is 11.3. The molecule has 0 saturated carbocycles. The number of methoxy groups -OCH3 is 1. The Morgan fingerprint density at radius 1 is 1.15 bits per heavy atom. The van der Waals surface area contributed by atoms with Crippen molar-refractivity contribution in [2.75, 3.05) is 25.2 Å². The van der Waals surface area contributed by atoms with Crippen LogP contribution in [0.2, 0.25) is 0 Å². The predicted octanol–water partition coefficient (Wildman–Crippen LogP) is 4.67. The van der Waals surface area contributed by atoms with Crippen LogP contribution in [0.5, 0.6) is 5.75 Å². The first-order valence-electron chi connectivity index (χ1n) is 9.86. The lowest BCUT2D eigenvalue weighted by Gasteiger charge is -2.25. The zero-order valence-electron chi connectivity index (χ0n) is 18.3. The molecule has 1 unspecified atom stereocenters. The van der Waals surface area contributed by atoms with E-state index in [2.05, 4.69) is 9.57 Å². The van der Waals surface area contributed by atoms with Gasteiger partial charge in [0.15, 0.2) is 0 Å². The van der Waals surface area contributed by atoms with Crippen LogP contribution < -0.4 is 4.74 Å². The average Bonchev–Trinajstić information content (AvgIpc) is 2.76. The Bertz CT molecular complexity index is 987. The van der Waals surface area contributed by atoms with Crippen molar-refractivity contribution in [2.45, 2.75) is 32.0 Å². The maximum absolute atomic E-state index is 12.1. The highest BCUT2D eigenvalue weighted by Gasteiger charge is 2.35. The summed E-state index contributed by atoms with van der Waals surface area (Å²) in [7, 11) is 4.48. The quantitative estimate of drug-likeness (QED) is 0.103. The van der Waals surface area contributed by atoms with E-state index in [0.717, 1.165) is 22.1 Å². The monoisotopic (exact) mass is 499 g/mol. The van der Waals surface area contributed by atoms with Crippen LogP contribution >= 0.6 is 21.6 Å². The first-order valence-corrected chi connectivity index (χ1v) is 12.3. The smallest absolute Gasteiger partial charge is 0.497 e. The molecule has 2 rings (SSSR count). The zero-order valence-corrected chi connectivity index (χ0v) is 20.0. The van der Waals surface area contributed by atoms with Gasteiger partial charge in [0.05, 0.1) is 12.5 Å². The van der Waals surface area contributed by atoms with Crippen LogP contribution in [0.25, 0.3) is 10.8 Å². The molecule has 33 heavy (non-hydrogen) atoms. The van der Waals surface area contributed by atoms with Crippen LogP contribution in [0, 0.1) is 10.1 Å². The van der Waals surface area contributed by atoms with Gasteiger partial charge in [0, 0.05) is 11.5 Å². The van der Waals surface area contributed by atoms with Crippen molar-refractivity contribution >= 4 is 44.5 Å². The third-order valence-electron chi connectivity index (χ3n) is 4.81. The molecule has 1 N–H and O–H groups in total. The van der Waals surface area contributed by atoms with Gasteiger partial charge in [-0.15, -0.1) is 10.1 Å². The SMILES string of the molecule is COc1ccc2cc([C@](C)(CCSSCCOC(=O)OC(C)O[N+](=O)[O-])C(=O)O)ccc2c1. The number of aliphatic carboxylic acids is 1. The standard InChI is InChI=1S/C21H25NO9S2/c1-14(31-22(26)27)30-20(25)29-9-11-33-32-10-8-21(2,19(23)24)17-6-4-16-13-18(28-3)7-5-15(16)12-17/h4-7,12-14H,8-11H2,1-3H3,(H,23,24)/t14?,21-/m0/s1. The Balaban J connectivity index is 1.81. The van der Waals surface area contributed by atoms with Gasteiger partial charge in [-0.3, -0.25) is 9.63 Å². The molecule has 12 heteroatoms. The van der Waals surface area contributed by atoms with E-state index in [1.165, 1.54) is 28.5 Å².